The molecule has 1 N–H and O–H groups in total. The number of aliphatic carboxylic acids is 1. The molecule has 1 unspecified atom stereocenters. The fourth-order valence-electron chi connectivity index (χ4n) is 0.988. The lowest BCUT2D eigenvalue weighted by Crippen LogP contribution is -2.10. The second-order valence-electron chi connectivity index (χ2n) is 2.70. The van der Waals surface area contributed by atoms with Crippen molar-refractivity contribution in [1.29, 1.82) is 0 Å². The van der Waals surface area contributed by atoms with Gasteiger partial charge in [-0.15, -0.1) is 0 Å². The van der Waals surface area contributed by atoms with Gasteiger partial charge in [-0.3, -0.25) is 4.79 Å². The van der Waals surface area contributed by atoms with Gasteiger partial charge in [-0.25, -0.2) is 8.78 Å². The van der Waals surface area contributed by atoms with Crippen molar-refractivity contribution >= 4 is 5.97 Å². The second kappa shape index (κ2) is 3.51. The molecule has 1 rings (SSSR count). The average molecular weight is 186 g/mol. The highest BCUT2D eigenvalue weighted by atomic mass is 19.2. The van der Waals surface area contributed by atoms with Crippen molar-refractivity contribution in [1.82, 2.24) is 0 Å². The minimum Gasteiger partial charge on any atom is -0.481 e. The molecule has 0 aliphatic rings. The van der Waals surface area contributed by atoms with Crippen LogP contribution in [0.25, 0.3) is 0 Å². The molecule has 70 valence electrons. The van der Waals surface area contributed by atoms with Crippen LogP contribution in [0.2, 0.25) is 0 Å². The van der Waals surface area contributed by atoms with Crippen molar-refractivity contribution in [3.05, 3.63) is 35.4 Å². The normalized spacial score (nSPS) is 12.5. The lowest BCUT2D eigenvalue weighted by molar-refractivity contribution is -0.138. The van der Waals surface area contributed by atoms with E-state index in [2.05, 4.69) is 0 Å². The Morgan fingerprint density at radius 1 is 1.46 bits per heavy atom. The maximum Gasteiger partial charge on any atom is 0.310 e. The molecule has 0 heterocycles. The fourth-order valence-corrected chi connectivity index (χ4v) is 0.988. The first-order valence-electron chi connectivity index (χ1n) is 3.70. The number of hydrogen-bond acceptors (Lipinski definition) is 1. The van der Waals surface area contributed by atoms with Gasteiger partial charge in [0.2, 0.25) is 0 Å². The smallest absolute Gasteiger partial charge is 0.310 e. The highest BCUT2D eigenvalue weighted by molar-refractivity contribution is 5.75. The summed E-state index contributed by atoms with van der Waals surface area (Å²) in [5.41, 5.74) is -0.132. The van der Waals surface area contributed by atoms with Crippen LogP contribution in [0.15, 0.2) is 18.2 Å². The average Bonchev–Trinajstić information content (AvgIpc) is 2.08. The molecule has 1 aromatic rings. The lowest BCUT2D eigenvalue weighted by Gasteiger charge is -2.07. The Labute approximate surface area is 73.8 Å². The van der Waals surface area contributed by atoms with Gasteiger partial charge >= 0.3 is 5.97 Å². The van der Waals surface area contributed by atoms with E-state index in [0.717, 1.165) is 6.07 Å². The highest BCUT2D eigenvalue weighted by Crippen LogP contribution is 2.20. The quantitative estimate of drug-likeness (QED) is 0.768. The van der Waals surface area contributed by atoms with Crippen LogP contribution < -0.4 is 0 Å². The van der Waals surface area contributed by atoms with E-state index in [1.165, 1.54) is 19.1 Å². The van der Waals surface area contributed by atoms with Crippen LogP contribution >= 0.6 is 0 Å². The van der Waals surface area contributed by atoms with Crippen LogP contribution in [-0.2, 0) is 4.79 Å². The van der Waals surface area contributed by atoms with Crippen LogP contribution in [0.4, 0.5) is 8.78 Å². The third-order valence-electron chi connectivity index (χ3n) is 1.82. The predicted octanol–water partition coefficient (Wildman–Crippen LogP) is 2.15. The Bertz CT molecular complexity index is 336. The van der Waals surface area contributed by atoms with Gasteiger partial charge in [0.05, 0.1) is 5.92 Å². The van der Waals surface area contributed by atoms with E-state index >= 15 is 0 Å². The molecule has 0 fully saturated rings. The molecule has 0 aromatic heterocycles. The summed E-state index contributed by atoms with van der Waals surface area (Å²) in [5.74, 6) is -4.32. The van der Waals surface area contributed by atoms with Crippen LogP contribution in [0.1, 0.15) is 18.4 Å². The fraction of sp³-hybridized carbons (Fsp3) is 0.222. The Kier molecular flexibility index (Phi) is 2.60. The summed E-state index contributed by atoms with van der Waals surface area (Å²) in [7, 11) is 0. The van der Waals surface area contributed by atoms with Gasteiger partial charge in [0.1, 0.15) is 0 Å². The van der Waals surface area contributed by atoms with E-state index in [9.17, 15) is 13.6 Å². The van der Waals surface area contributed by atoms with Crippen molar-refractivity contribution in [2.24, 2.45) is 0 Å². The molecule has 2 nitrogen and oxygen atoms in total. The van der Waals surface area contributed by atoms with Gasteiger partial charge in [-0.05, 0) is 13.0 Å². The van der Waals surface area contributed by atoms with E-state index in [4.69, 9.17) is 5.11 Å². The number of carbonyl (C=O) groups is 1. The standard InChI is InChI=1S/C9H8F2O2/c1-5(9(12)13)6-3-2-4-7(10)8(6)11/h2-5H,1H3,(H,12,13). The molecule has 1 atom stereocenters. The first-order valence-corrected chi connectivity index (χ1v) is 3.70. The zero-order valence-corrected chi connectivity index (χ0v) is 6.92. The molecule has 0 aliphatic carbocycles. The summed E-state index contributed by atoms with van der Waals surface area (Å²) >= 11 is 0. The van der Waals surface area contributed by atoms with Crippen LogP contribution in [0, 0.1) is 11.6 Å². The van der Waals surface area contributed by atoms with Gasteiger partial charge in [-0.1, -0.05) is 12.1 Å². The van der Waals surface area contributed by atoms with Crippen LogP contribution in [0.3, 0.4) is 0 Å². The Morgan fingerprint density at radius 3 is 2.62 bits per heavy atom. The molecule has 0 bridgehead atoms. The zero-order valence-electron chi connectivity index (χ0n) is 6.92. The van der Waals surface area contributed by atoms with Gasteiger partial charge in [0, 0.05) is 5.56 Å². The summed E-state index contributed by atoms with van der Waals surface area (Å²) in [6.45, 7) is 1.31. The number of rotatable bonds is 2. The monoisotopic (exact) mass is 186 g/mol. The molecule has 0 radical (unpaired) electrons. The topological polar surface area (TPSA) is 37.3 Å². The number of carboxylic acids is 1. The molecular weight excluding hydrogens is 178 g/mol. The third kappa shape index (κ3) is 1.83. The van der Waals surface area contributed by atoms with E-state index in [0.29, 0.717) is 0 Å². The summed E-state index contributed by atoms with van der Waals surface area (Å²) in [4.78, 5) is 10.5. The molecule has 0 spiro atoms. The Balaban J connectivity index is 3.15. The first kappa shape index (κ1) is 9.64. The van der Waals surface area contributed by atoms with Crippen molar-refractivity contribution in [2.75, 3.05) is 0 Å². The predicted molar refractivity (Wildman–Crippen MR) is 42.4 cm³/mol. The molecular formula is C9H8F2O2. The van der Waals surface area contributed by atoms with Crippen molar-refractivity contribution in [3.8, 4) is 0 Å². The third-order valence-corrected chi connectivity index (χ3v) is 1.82. The largest absolute Gasteiger partial charge is 0.481 e. The summed E-state index contributed by atoms with van der Waals surface area (Å²) in [5, 5.41) is 8.56. The van der Waals surface area contributed by atoms with Crippen molar-refractivity contribution < 1.29 is 18.7 Å². The zero-order chi connectivity index (χ0) is 10.0. The Morgan fingerprint density at radius 2 is 2.08 bits per heavy atom. The maximum atomic E-state index is 13.0. The van der Waals surface area contributed by atoms with E-state index in [1.807, 2.05) is 0 Å². The SMILES string of the molecule is CC(C(=O)O)c1cccc(F)c1F. The van der Waals surface area contributed by atoms with Crippen molar-refractivity contribution in [3.63, 3.8) is 0 Å². The van der Waals surface area contributed by atoms with Crippen molar-refractivity contribution in [2.45, 2.75) is 12.8 Å². The highest BCUT2D eigenvalue weighted by Gasteiger charge is 2.19. The van der Waals surface area contributed by atoms with Gasteiger partial charge in [-0.2, -0.15) is 0 Å². The molecule has 13 heavy (non-hydrogen) atoms. The lowest BCUT2D eigenvalue weighted by atomic mass is 10.0. The molecule has 1 aromatic carbocycles. The van der Waals surface area contributed by atoms with Gasteiger partial charge < -0.3 is 5.11 Å². The molecule has 0 aliphatic heterocycles. The number of benzene rings is 1. The number of hydrogen-bond donors (Lipinski definition) is 1. The maximum absolute atomic E-state index is 13.0. The number of carboxylic acid groups (broad SMARTS) is 1. The van der Waals surface area contributed by atoms with Gasteiger partial charge in [0.25, 0.3) is 0 Å². The van der Waals surface area contributed by atoms with Gasteiger partial charge in [0.15, 0.2) is 11.6 Å². The minimum absolute atomic E-state index is 0.132. The second-order valence-corrected chi connectivity index (χ2v) is 2.70. The Hall–Kier alpha value is -1.45. The minimum atomic E-state index is -1.18. The summed E-state index contributed by atoms with van der Waals surface area (Å²) in [6, 6.07) is 3.50. The molecule has 4 heteroatoms. The molecule has 0 saturated carbocycles. The van der Waals surface area contributed by atoms with E-state index < -0.39 is 23.5 Å². The van der Waals surface area contributed by atoms with E-state index in [-0.39, 0.29) is 5.56 Å². The molecule has 0 amide bonds. The van der Waals surface area contributed by atoms with E-state index in [1.54, 1.807) is 0 Å². The summed E-state index contributed by atoms with van der Waals surface area (Å²) in [6.07, 6.45) is 0. The molecule has 0 saturated heterocycles. The first-order chi connectivity index (χ1) is 6.04. The number of halogens is 2. The van der Waals surface area contributed by atoms with Crippen LogP contribution in [0.5, 0.6) is 0 Å². The summed E-state index contributed by atoms with van der Waals surface area (Å²) < 4.78 is 25.6. The van der Waals surface area contributed by atoms with Crippen LogP contribution in [-0.4, -0.2) is 11.1 Å².